The van der Waals surface area contributed by atoms with E-state index in [1.165, 1.54) is 6.33 Å². The smallest absolute Gasteiger partial charge is 0.342 e. The second-order valence-electron chi connectivity index (χ2n) is 7.05. The molecule has 0 bridgehead atoms. The van der Waals surface area contributed by atoms with Crippen LogP contribution in [-0.2, 0) is 16.1 Å². The van der Waals surface area contributed by atoms with Gasteiger partial charge in [0.25, 0.3) is 5.56 Å². The molecule has 3 rings (SSSR count). The fourth-order valence-electron chi connectivity index (χ4n) is 3.31. The molecule has 0 fully saturated rings. The monoisotopic (exact) mass is 411 g/mol. The van der Waals surface area contributed by atoms with Gasteiger partial charge in [-0.3, -0.25) is 14.2 Å². The highest BCUT2D eigenvalue weighted by Crippen LogP contribution is 2.22. The average Bonchev–Trinajstić information content (AvgIpc) is 3.06. The minimum atomic E-state index is -0.653. The number of carbonyl (C=O) groups is 2. The van der Waals surface area contributed by atoms with Crippen molar-refractivity contribution in [2.24, 2.45) is 0 Å². The molecule has 158 valence electrons. The highest BCUT2D eigenvalue weighted by atomic mass is 16.5. The van der Waals surface area contributed by atoms with Crippen LogP contribution in [0, 0.1) is 13.8 Å². The number of nitrogens with one attached hydrogen (secondary N) is 1. The molecule has 1 amide bonds. The van der Waals surface area contributed by atoms with E-state index in [1.807, 2.05) is 38.1 Å². The maximum absolute atomic E-state index is 12.9. The Hall–Kier alpha value is -3.42. The zero-order valence-corrected chi connectivity index (χ0v) is 17.5. The summed E-state index contributed by atoms with van der Waals surface area (Å²) < 4.78 is 11.6. The van der Waals surface area contributed by atoms with Gasteiger partial charge in [0.2, 0.25) is 11.6 Å². The molecule has 30 heavy (non-hydrogen) atoms. The molecule has 0 saturated carbocycles. The van der Waals surface area contributed by atoms with Crippen molar-refractivity contribution < 1.29 is 18.7 Å². The summed E-state index contributed by atoms with van der Waals surface area (Å²) in [5, 5.41) is 2.97. The number of rotatable bonds is 7. The van der Waals surface area contributed by atoms with Gasteiger partial charge in [-0.2, -0.15) is 0 Å². The molecule has 8 heteroatoms. The molecule has 1 N–H and O–H groups in total. The van der Waals surface area contributed by atoms with Gasteiger partial charge >= 0.3 is 5.97 Å². The molecule has 2 heterocycles. The van der Waals surface area contributed by atoms with E-state index in [2.05, 4.69) is 10.3 Å². The van der Waals surface area contributed by atoms with Crippen molar-refractivity contribution >= 4 is 23.0 Å². The molecule has 0 spiro atoms. The number of esters is 1. The third-order valence-electron chi connectivity index (χ3n) is 4.87. The summed E-state index contributed by atoms with van der Waals surface area (Å²) in [6, 6.07) is 7.76. The number of ether oxygens (including phenoxy) is 1. The second-order valence-corrected chi connectivity index (χ2v) is 7.05. The molecular formula is C22H25N3O5. The molecule has 0 aliphatic carbocycles. The van der Waals surface area contributed by atoms with Crippen molar-refractivity contribution in [3.8, 4) is 0 Å². The fourth-order valence-corrected chi connectivity index (χ4v) is 3.31. The van der Waals surface area contributed by atoms with Crippen LogP contribution in [0.3, 0.4) is 0 Å². The molecule has 3 aromatic rings. The van der Waals surface area contributed by atoms with E-state index in [4.69, 9.17) is 9.15 Å². The van der Waals surface area contributed by atoms with Gasteiger partial charge in [0.05, 0.1) is 12.6 Å². The first-order valence-electron chi connectivity index (χ1n) is 9.87. The van der Waals surface area contributed by atoms with Gasteiger partial charge in [-0.15, -0.1) is 0 Å². The van der Waals surface area contributed by atoms with Crippen molar-refractivity contribution in [2.45, 2.75) is 46.7 Å². The van der Waals surface area contributed by atoms with Crippen molar-refractivity contribution in [3.63, 3.8) is 0 Å². The molecule has 1 aromatic carbocycles. The topological polar surface area (TPSA) is 103 Å². The number of aromatic nitrogens is 2. The largest absolute Gasteiger partial charge is 0.462 e. The van der Waals surface area contributed by atoms with E-state index < -0.39 is 11.5 Å². The lowest BCUT2D eigenvalue weighted by Crippen LogP contribution is -2.34. The van der Waals surface area contributed by atoms with E-state index in [1.54, 1.807) is 13.8 Å². The molecule has 0 unspecified atom stereocenters. The Kier molecular flexibility index (Phi) is 6.34. The number of carbonyl (C=O) groups excluding carboxylic acids is 2. The van der Waals surface area contributed by atoms with Crippen LogP contribution in [0.15, 0.2) is 39.8 Å². The Morgan fingerprint density at radius 1 is 1.20 bits per heavy atom. The van der Waals surface area contributed by atoms with E-state index in [0.29, 0.717) is 6.42 Å². The summed E-state index contributed by atoms with van der Waals surface area (Å²) in [5.74, 6) is -0.732. The van der Waals surface area contributed by atoms with E-state index in [9.17, 15) is 14.4 Å². The third kappa shape index (κ3) is 4.27. The number of fused-ring (bicyclic) bond motifs is 1. The minimum Gasteiger partial charge on any atom is -0.462 e. The van der Waals surface area contributed by atoms with Crippen LogP contribution in [0.25, 0.3) is 11.1 Å². The minimum absolute atomic E-state index is 0.0202. The molecular weight excluding hydrogens is 386 g/mol. The van der Waals surface area contributed by atoms with Gasteiger partial charge in [0.1, 0.15) is 29.6 Å². The van der Waals surface area contributed by atoms with Crippen molar-refractivity contribution in [1.29, 1.82) is 0 Å². The third-order valence-corrected chi connectivity index (χ3v) is 4.87. The van der Waals surface area contributed by atoms with Gasteiger partial charge < -0.3 is 14.5 Å². The predicted octanol–water partition coefficient (Wildman–Crippen LogP) is 3.05. The maximum Gasteiger partial charge on any atom is 0.342 e. The predicted molar refractivity (Wildman–Crippen MR) is 111 cm³/mol. The summed E-state index contributed by atoms with van der Waals surface area (Å²) in [7, 11) is 0. The van der Waals surface area contributed by atoms with Gasteiger partial charge in [0, 0.05) is 0 Å². The zero-order valence-electron chi connectivity index (χ0n) is 17.5. The lowest BCUT2D eigenvalue weighted by molar-refractivity contribution is -0.122. The SMILES string of the molecule is CCOC(=O)c1c(C)oc2ncn(CC(=O)N[C@@H](CC)c3ccc(C)cc3)c(=O)c12. The quantitative estimate of drug-likeness (QED) is 0.600. The number of amides is 1. The fraction of sp³-hybridized carbons (Fsp3) is 0.364. The van der Waals surface area contributed by atoms with Gasteiger partial charge in [-0.05, 0) is 32.8 Å². The van der Waals surface area contributed by atoms with Gasteiger partial charge in [-0.1, -0.05) is 36.8 Å². The standard InChI is InChI=1S/C22H25N3O5/c1-5-16(15-9-7-13(3)8-10-15)24-17(26)11-25-12-23-20-19(21(25)27)18(14(4)30-20)22(28)29-6-2/h7-10,12,16H,5-6,11H2,1-4H3,(H,24,26)/t16-/m0/s1. The molecule has 0 aliphatic rings. The summed E-state index contributed by atoms with van der Waals surface area (Å²) in [6.45, 7) is 7.16. The first-order valence-corrected chi connectivity index (χ1v) is 9.87. The number of aryl methyl sites for hydroxylation is 2. The molecule has 8 nitrogen and oxygen atoms in total. The van der Waals surface area contributed by atoms with Crippen LogP contribution >= 0.6 is 0 Å². The Morgan fingerprint density at radius 2 is 1.90 bits per heavy atom. The molecule has 1 atom stereocenters. The number of benzene rings is 1. The molecule has 0 saturated heterocycles. The normalized spacial score (nSPS) is 12.0. The molecule has 0 radical (unpaired) electrons. The van der Waals surface area contributed by atoms with Gasteiger partial charge in [-0.25, -0.2) is 9.78 Å². The van der Waals surface area contributed by atoms with E-state index in [-0.39, 0.29) is 47.5 Å². The summed E-state index contributed by atoms with van der Waals surface area (Å²) in [4.78, 5) is 41.9. The molecule has 2 aromatic heterocycles. The number of hydrogen-bond donors (Lipinski definition) is 1. The van der Waals surface area contributed by atoms with Crippen LogP contribution < -0.4 is 10.9 Å². The van der Waals surface area contributed by atoms with Crippen LogP contribution in [0.4, 0.5) is 0 Å². The molecule has 0 aliphatic heterocycles. The average molecular weight is 411 g/mol. The lowest BCUT2D eigenvalue weighted by atomic mass is 10.0. The lowest BCUT2D eigenvalue weighted by Gasteiger charge is -2.18. The van der Waals surface area contributed by atoms with Crippen molar-refractivity contribution in [3.05, 3.63) is 63.4 Å². The van der Waals surface area contributed by atoms with E-state index in [0.717, 1.165) is 15.7 Å². The second kappa shape index (κ2) is 8.94. The van der Waals surface area contributed by atoms with Crippen molar-refractivity contribution in [1.82, 2.24) is 14.9 Å². The van der Waals surface area contributed by atoms with Crippen LogP contribution in [0.1, 0.15) is 53.6 Å². The Morgan fingerprint density at radius 3 is 2.53 bits per heavy atom. The summed E-state index contributed by atoms with van der Waals surface area (Å²) >= 11 is 0. The van der Waals surface area contributed by atoms with Crippen LogP contribution in [0.5, 0.6) is 0 Å². The number of hydrogen-bond acceptors (Lipinski definition) is 6. The number of furan rings is 1. The maximum atomic E-state index is 12.9. The Labute approximate surface area is 173 Å². The zero-order chi connectivity index (χ0) is 21.8. The first-order chi connectivity index (χ1) is 14.3. The van der Waals surface area contributed by atoms with Crippen LogP contribution in [-0.4, -0.2) is 28.0 Å². The van der Waals surface area contributed by atoms with Gasteiger partial charge in [0.15, 0.2) is 0 Å². The van der Waals surface area contributed by atoms with Crippen molar-refractivity contribution in [2.75, 3.05) is 6.61 Å². The summed E-state index contributed by atoms with van der Waals surface area (Å²) in [6.07, 6.45) is 1.95. The van der Waals surface area contributed by atoms with Crippen LogP contribution in [0.2, 0.25) is 0 Å². The Balaban J connectivity index is 1.86. The highest BCUT2D eigenvalue weighted by molar-refractivity contribution is 6.03. The highest BCUT2D eigenvalue weighted by Gasteiger charge is 2.24. The van der Waals surface area contributed by atoms with E-state index >= 15 is 0 Å². The summed E-state index contributed by atoms with van der Waals surface area (Å²) in [5.41, 5.74) is 1.69. The number of nitrogens with zero attached hydrogens (tertiary/aromatic N) is 2. The first kappa shape index (κ1) is 21.3. The Bertz CT molecular complexity index is 1130.